The highest BCUT2D eigenvalue weighted by Gasteiger charge is 2.10. The molecule has 0 spiro atoms. The Hall–Kier alpha value is -0.730. The molecule has 100 valence electrons. The summed E-state index contributed by atoms with van der Waals surface area (Å²) in [4.78, 5) is 13.7. The number of nitrogens with zero attached hydrogens (tertiary/aromatic N) is 1. The van der Waals surface area contributed by atoms with E-state index in [-0.39, 0.29) is 5.91 Å². The summed E-state index contributed by atoms with van der Waals surface area (Å²) in [5.74, 6) is 0.797. The maximum Gasteiger partial charge on any atom is 0.226 e. The normalized spacial score (nSPS) is 10.4. The van der Waals surface area contributed by atoms with Crippen molar-refractivity contribution >= 4 is 29.1 Å². The Morgan fingerprint density at radius 1 is 1.22 bits per heavy atom. The molecule has 0 aromatic heterocycles. The minimum Gasteiger partial charge on any atom is -0.345 e. The fourth-order valence-electron chi connectivity index (χ4n) is 1.68. The molecule has 0 aliphatic carbocycles. The topological polar surface area (TPSA) is 20.3 Å². The fourth-order valence-corrected chi connectivity index (χ4v) is 2.08. The van der Waals surface area contributed by atoms with Crippen LogP contribution in [0.2, 0.25) is 5.02 Å². The molecule has 0 N–H and O–H groups in total. The largest absolute Gasteiger partial charge is 0.345 e. The first kappa shape index (κ1) is 15.3. The smallest absolute Gasteiger partial charge is 0.226 e. The Morgan fingerprint density at radius 3 is 2.61 bits per heavy atom. The molecular formula is C14H19Cl2NO. The molecule has 0 bridgehead atoms. The van der Waals surface area contributed by atoms with Crippen LogP contribution in [0.25, 0.3) is 0 Å². The zero-order chi connectivity index (χ0) is 13.4. The van der Waals surface area contributed by atoms with Gasteiger partial charge in [-0.25, -0.2) is 0 Å². The van der Waals surface area contributed by atoms with E-state index in [1.165, 1.54) is 0 Å². The monoisotopic (exact) mass is 287 g/mol. The molecule has 0 fully saturated rings. The van der Waals surface area contributed by atoms with Gasteiger partial charge in [0.1, 0.15) is 0 Å². The molecule has 0 aliphatic rings. The van der Waals surface area contributed by atoms with Gasteiger partial charge in [-0.2, -0.15) is 0 Å². The van der Waals surface area contributed by atoms with E-state index in [1.807, 2.05) is 31.3 Å². The standard InChI is InChI=1S/C14H19Cl2NO/c1-17(10-6-2-5-9-15)14(18)11-12-7-3-4-8-13(12)16/h3-4,7-8H,2,5-6,9-11H2,1H3. The molecular weight excluding hydrogens is 269 g/mol. The van der Waals surface area contributed by atoms with Crippen LogP contribution in [-0.2, 0) is 11.2 Å². The molecule has 0 aliphatic heterocycles. The predicted molar refractivity (Wildman–Crippen MR) is 77.4 cm³/mol. The van der Waals surface area contributed by atoms with Crippen LogP contribution in [0.3, 0.4) is 0 Å². The summed E-state index contributed by atoms with van der Waals surface area (Å²) in [6, 6.07) is 7.47. The van der Waals surface area contributed by atoms with Crippen LogP contribution in [0, 0.1) is 0 Å². The zero-order valence-corrected chi connectivity index (χ0v) is 12.2. The third-order valence-corrected chi connectivity index (χ3v) is 3.49. The lowest BCUT2D eigenvalue weighted by Crippen LogP contribution is -2.29. The van der Waals surface area contributed by atoms with Gasteiger partial charge < -0.3 is 4.90 Å². The maximum absolute atomic E-state index is 12.0. The van der Waals surface area contributed by atoms with E-state index in [1.54, 1.807) is 4.90 Å². The van der Waals surface area contributed by atoms with Crippen LogP contribution < -0.4 is 0 Å². The number of hydrogen-bond acceptors (Lipinski definition) is 1. The van der Waals surface area contributed by atoms with Crippen molar-refractivity contribution in [3.8, 4) is 0 Å². The molecule has 1 rings (SSSR count). The van der Waals surface area contributed by atoms with Gasteiger partial charge in [-0.1, -0.05) is 36.2 Å². The lowest BCUT2D eigenvalue weighted by Gasteiger charge is -2.17. The number of hydrogen-bond donors (Lipinski definition) is 0. The highest BCUT2D eigenvalue weighted by Crippen LogP contribution is 2.16. The fraction of sp³-hybridized carbons (Fsp3) is 0.500. The second kappa shape index (κ2) is 8.39. The van der Waals surface area contributed by atoms with E-state index >= 15 is 0 Å². The summed E-state index contributed by atoms with van der Waals surface area (Å²) >= 11 is 11.6. The lowest BCUT2D eigenvalue weighted by molar-refractivity contribution is -0.129. The van der Waals surface area contributed by atoms with Crippen molar-refractivity contribution in [1.82, 2.24) is 4.90 Å². The SMILES string of the molecule is CN(CCCCCCl)C(=O)Cc1ccccc1Cl. The van der Waals surface area contributed by atoms with Gasteiger partial charge in [0.25, 0.3) is 0 Å². The molecule has 18 heavy (non-hydrogen) atoms. The first-order valence-electron chi connectivity index (χ1n) is 6.18. The molecule has 0 atom stereocenters. The number of likely N-dealkylation sites (N-methyl/N-ethyl adjacent to an activating group) is 1. The van der Waals surface area contributed by atoms with Gasteiger partial charge in [0.05, 0.1) is 6.42 Å². The van der Waals surface area contributed by atoms with Crippen molar-refractivity contribution < 1.29 is 4.79 Å². The molecule has 0 saturated heterocycles. The Balaban J connectivity index is 2.38. The first-order valence-corrected chi connectivity index (χ1v) is 7.09. The lowest BCUT2D eigenvalue weighted by atomic mass is 10.1. The maximum atomic E-state index is 12.0. The van der Waals surface area contributed by atoms with Gasteiger partial charge in [-0.05, 0) is 24.5 Å². The van der Waals surface area contributed by atoms with E-state index in [2.05, 4.69) is 0 Å². The molecule has 4 heteroatoms. The Kier molecular flexibility index (Phi) is 7.14. The third-order valence-electron chi connectivity index (χ3n) is 2.85. The Bertz CT molecular complexity index is 382. The van der Waals surface area contributed by atoms with E-state index in [0.717, 1.165) is 31.4 Å². The van der Waals surface area contributed by atoms with Gasteiger partial charge >= 0.3 is 0 Å². The van der Waals surface area contributed by atoms with Crippen molar-refractivity contribution in [1.29, 1.82) is 0 Å². The van der Waals surface area contributed by atoms with Crippen LogP contribution in [0.1, 0.15) is 24.8 Å². The quantitative estimate of drug-likeness (QED) is 0.552. The summed E-state index contributed by atoms with van der Waals surface area (Å²) in [6.45, 7) is 0.778. The molecule has 0 unspecified atom stereocenters. The molecule has 0 saturated carbocycles. The van der Waals surface area contributed by atoms with Crippen molar-refractivity contribution in [3.63, 3.8) is 0 Å². The summed E-state index contributed by atoms with van der Waals surface area (Å²) < 4.78 is 0. The average Bonchev–Trinajstić information content (AvgIpc) is 2.37. The minimum atomic E-state index is 0.106. The Labute approximate surface area is 119 Å². The van der Waals surface area contributed by atoms with Crippen LogP contribution in [-0.4, -0.2) is 30.3 Å². The second-order valence-electron chi connectivity index (χ2n) is 4.33. The number of carbonyl (C=O) groups excluding carboxylic acids is 1. The number of alkyl halides is 1. The summed E-state index contributed by atoms with van der Waals surface area (Å²) in [5, 5.41) is 0.654. The van der Waals surface area contributed by atoms with Gasteiger partial charge in [-0.3, -0.25) is 4.79 Å². The number of halogens is 2. The first-order chi connectivity index (χ1) is 8.65. The van der Waals surface area contributed by atoms with E-state index in [4.69, 9.17) is 23.2 Å². The number of amides is 1. The highest BCUT2D eigenvalue weighted by atomic mass is 35.5. The number of unbranched alkanes of at least 4 members (excludes halogenated alkanes) is 2. The Morgan fingerprint density at radius 2 is 1.94 bits per heavy atom. The average molecular weight is 288 g/mol. The van der Waals surface area contributed by atoms with Crippen LogP contribution >= 0.6 is 23.2 Å². The molecule has 1 aromatic rings. The minimum absolute atomic E-state index is 0.106. The van der Waals surface area contributed by atoms with Crippen molar-refractivity contribution in [3.05, 3.63) is 34.9 Å². The predicted octanol–water partition coefficient (Wildman–Crippen LogP) is 3.75. The van der Waals surface area contributed by atoms with Crippen molar-refractivity contribution in [2.24, 2.45) is 0 Å². The number of benzene rings is 1. The number of rotatable bonds is 7. The molecule has 0 radical (unpaired) electrons. The van der Waals surface area contributed by atoms with Crippen LogP contribution in [0.15, 0.2) is 24.3 Å². The van der Waals surface area contributed by atoms with Gasteiger partial charge in [-0.15, -0.1) is 11.6 Å². The van der Waals surface area contributed by atoms with Crippen molar-refractivity contribution in [2.45, 2.75) is 25.7 Å². The van der Waals surface area contributed by atoms with Gasteiger partial charge in [0.15, 0.2) is 0 Å². The van der Waals surface area contributed by atoms with Crippen LogP contribution in [0.4, 0.5) is 0 Å². The van der Waals surface area contributed by atoms with Crippen molar-refractivity contribution in [2.75, 3.05) is 19.5 Å². The summed E-state index contributed by atoms with van der Waals surface area (Å²) in [5.41, 5.74) is 0.886. The zero-order valence-electron chi connectivity index (χ0n) is 10.7. The van der Waals surface area contributed by atoms with Crippen LogP contribution in [0.5, 0.6) is 0 Å². The highest BCUT2D eigenvalue weighted by molar-refractivity contribution is 6.31. The summed E-state index contributed by atoms with van der Waals surface area (Å²) in [6.07, 6.45) is 3.43. The van der Waals surface area contributed by atoms with E-state index < -0.39 is 0 Å². The summed E-state index contributed by atoms with van der Waals surface area (Å²) in [7, 11) is 1.83. The molecule has 1 aromatic carbocycles. The molecule has 2 nitrogen and oxygen atoms in total. The third kappa shape index (κ3) is 5.28. The van der Waals surface area contributed by atoms with Gasteiger partial charge in [0, 0.05) is 24.5 Å². The molecule has 0 heterocycles. The van der Waals surface area contributed by atoms with E-state index in [0.29, 0.717) is 17.3 Å². The number of carbonyl (C=O) groups is 1. The second-order valence-corrected chi connectivity index (χ2v) is 5.12. The van der Waals surface area contributed by atoms with Gasteiger partial charge in [0.2, 0.25) is 5.91 Å². The molecule has 1 amide bonds. The van der Waals surface area contributed by atoms with E-state index in [9.17, 15) is 4.79 Å².